The molecule has 8 heteroatoms. The first kappa shape index (κ1) is 27.6. The average molecular weight is 474 g/mol. The van der Waals surface area contributed by atoms with Crippen LogP contribution in [-0.4, -0.2) is 74.8 Å². The van der Waals surface area contributed by atoms with Gasteiger partial charge in [0.05, 0.1) is 12.1 Å². The molecule has 1 amide bonds. The van der Waals surface area contributed by atoms with Crippen molar-refractivity contribution in [2.45, 2.75) is 116 Å². The number of amides is 1. The molecule has 32 heavy (non-hydrogen) atoms. The summed E-state index contributed by atoms with van der Waals surface area (Å²) < 4.78 is 23.4. The zero-order valence-electron chi connectivity index (χ0n) is 21.9. The molecular weight excluding hydrogens is 426 g/mol. The summed E-state index contributed by atoms with van der Waals surface area (Å²) in [6.07, 6.45) is 1.23. The van der Waals surface area contributed by atoms with E-state index in [1.165, 1.54) is 0 Å². The Hall–Kier alpha value is -0.673. The van der Waals surface area contributed by atoms with Crippen molar-refractivity contribution in [2.75, 3.05) is 20.5 Å². The van der Waals surface area contributed by atoms with E-state index in [9.17, 15) is 9.90 Å². The van der Waals surface area contributed by atoms with Crippen molar-refractivity contribution in [3.63, 3.8) is 0 Å². The molecule has 6 atom stereocenters. The third-order valence-corrected chi connectivity index (χ3v) is 12.0. The number of aliphatic hydroxyl groups is 1. The SMILES string of the molecule is COCO[C@@H]1[C@H](O)[C@H]2[C@@H](CO[Si](C)(C)C(C)(C)C)CCC[C@H]2N(C(=O)OC(C)(C)C)[C@@H]1C. The predicted molar refractivity (Wildman–Crippen MR) is 128 cm³/mol. The van der Waals surface area contributed by atoms with Crippen molar-refractivity contribution in [3.8, 4) is 0 Å². The van der Waals surface area contributed by atoms with Crippen molar-refractivity contribution >= 4 is 14.4 Å². The third-order valence-electron chi connectivity index (χ3n) is 7.51. The van der Waals surface area contributed by atoms with Gasteiger partial charge in [-0.2, -0.15) is 0 Å². The van der Waals surface area contributed by atoms with E-state index in [2.05, 4.69) is 33.9 Å². The van der Waals surface area contributed by atoms with E-state index in [0.717, 1.165) is 19.3 Å². The predicted octanol–water partition coefficient (Wildman–Crippen LogP) is 4.78. The van der Waals surface area contributed by atoms with Gasteiger partial charge in [-0.15, -0.1) is 0 Å². The summed E-state index contributed by atoms with van der Waals surface area (Å²) in [5, 5.41) is 11.6. The normalized spacial score (nSPS) is 31.9. The highest BCUT2D eigenvalue weighted by atomic mass is 28.4. The van der Waals surface area contributed by atoms with Gasteiger partial charge in [0.15, 0.2) is 8.32 Å². The lowest BCUT2D eigenvalue weighted by Crippen LogP contribution is -2.68. The monoisotopic (exact) mass is 473 g/mol. The minimum absolute atomic E-state index is 0.0662. The molecule has 7 nitrogen and oxygen atoms in total. The van der Waals surface area contributed by atoms with Crippen LogP contribution in [0.2, 0.25) is 18.1 Å². The number of likely N-dealkylation sites (tertiary alicyclic amines) is 1. The first-order chi connectivity index (χ1) is 14.6. The quantitative estimate of drug-likeness (QED) is 0.442. The minimum atomic E-state index is -1.93. The van der Waals surface area contributed by atoms with Crippen LogP contribution in [0.5, 0.6) is 0 Å². The average Bonchev–Trinajstić information content (AvgIpc) is 2.63. The van der Waals surface area contributed by atoms with Crippen LogP contribution < -0.4 is 0 Å². The topological polar surface area (TPSA) is 77.5 Å². The largest absolute Gasteiger partial charge is 0.444 e. The number of methoxy groups -OCH3 is 1. The van der Waals surface area contributed by atoms with Gasteiger partial charge >= 0.3 is 6.09 Å². The van der Waals surface area contributed by atoms with E-state index in [1.807, 2.05) is 32.6 Å². The second-order valence-corrected chi connectivity index (χ2v) is 16.9. The van der Waals surface area contributed by atoms with Gasteiger partial charge in [-0.3, -0.25) is 4.90 Å². The molecule has 1 saturated heterocycles. The highest BCUT2D eigenvalue weighted by Gasteiger charge is 2.54. The second kappa shape index (κ2) is 10.3. The molecular formula is C24H47NO6Si. The number of carbonyl (C=O) groups is 1. The number of hydrogen-bond acceptors (Lipinski definition) is 6. The standard InChI is InChI=1S/C24H47NO6Si/c1-16-21(29-15-28-8)20(26)19-17(14-30-32(9,10)24(5,6)7)12-11-13-18(19)25(16)22(27)31-23(2,3)4/h16-21,26H,11-15H2,1-10H3/t16-,17-,18-,19+,20-,21+/m1/s1. The zero-order chi connectivity index (χ0) is 24.5. The molecule has 1 N–H and O–H groups in total. The number of carbonyl (C=O) groups excluding carboxylic acids is 1. The fourth-order valence-corrected chi connectivity index (χ4v) is 5.87. The molecule has 188 valence electrons. The summed E-state index contributed by atoms with van der Waals surface area (Å²) in [5.74, 6) is 0.0306. The van der Waals surface area contributed by atoms with Crippen LogP contribution in [0.1, 0.15) is 67.7 Å². The van der Waals surface area contributed by atoms with Crippen LogP contribution in [0.25, 0.3) is 0 Å². The highest BCUT2D eigenvalue weighted by molar-refractivity contribution is 6.74. The minimum Gasteiger partial charge on any atom is -0.444 e. The molecule has 2 rings (SSSR count). The number of ether oxygens (including phenoxy) is 3. The van der Waals surface area contributed by atoms with E-state index in [0.29, 0.717) is 6.61 Å². The van der Waals surface area contributed by atoms with Crippen molar-refractivity contribution < 1.29 is 28.5 Å². The molecule has 2 aliphatic rings. The van der Waals surface area contributed by atoms with E-state index in [-0.39, 0.29) is 41.8 Å². The smallest absolute Gasteiger partial charge is 0.410 e. The Morgan fingerprint density at radius 2 is 1.75 bits per heavy atom. The summed E-state index contributed by atoms with van der Waals surface area (Å²) in [7, 11) is -0.367. The molecule has 0 aromatic rings. The number of aliphatic hydroxyl groups excluding tert-OH is 1. The van der Waals surface area contributed by atoms with E-state index < -0.39 is 26.1 Å². The fraction of sp³-hybridized carbons (Fsp3) is 0.958. The number of rotatable bonds is 6. The van der Waals surface area contributed by atoms with Crippen molar-refractivity contribution in [1.29, 1.82) is 0 Å². The summed E-state index contributed by atoms with van der Waals surface area (Å²) in [5.41, 5.74) is -0.593. The lowest BCUT2D eigenvalue weighted by Gasteiger charge is -2.55. The Morgan fingerprint density at radius 1 is 1.12 bits per heavy atom. The van der Waals surface area contributed by atoms with Crippen LogP contribution in [0.15, 0.2) is 0 Å². The van der Waals surface area contributed by atoms with Crippen LogP contribution >= 0.6 is 0 Å². The van der Waals surface area contributed by atoms with Crippen LogP contribution in [0.3, 0.4) is 0 Å². The first-order valence-electron chi connectivity index (χ1n) is 12.0. The van der Waals surface area contributed by atoms with Crippen LogP contribution in [0.4, 0.5) is 4.79 Å². The van der Waals surface area contributed by atoms with Gasteiger partial charge < -0.3 is 23.7 Å². The zero-order valence-corrected chi connectivity index (χ0v) is 22.9. The van der Waals surface area contributed by atoms with Crippen LogP contribution in [-0.2, 0) is 18.6 Å². The molecule has 0 spiro atoms. The summed E-state index contributed by atoms with van der Waals surface area (Å²) in [6, 6.07) is -0.421. The second-order valence-electron chi connectivity index (χ2n) is 12.1. The highest BCUT2D eigenvalue weighted by Crippen LogP contribution is 2.44. The third kappa shape index (κ3) is 6.26. The molecule has 2 fully saturated rings. The van der Waals surface area contributed by atoms with E-state index in [1.54, 1.807) is 7.11 Å². The molecule has 0 bridgehead atoms. The Labute approximate surface area is 196 Å². The molecule has 1 heterocycles. The fourth-order valence-electron chi connectivity index (χ4n) is 4.81. The maximum Gasteiger partial charge on any atom is 0.410 e. The van der Waals surface area contributed by atoms with Gasteiger partial charge in [0.25, 0.3) is 0 Å². The Balaban J connectivity index is 2.32. The lowest BCUT2D eigenvalue weighted by atomic mass is 9.68. The van der Waals surface area contributed by atoms with Crippen molar-refractivity contribution in [3.05, 3.63) is 0 Å². The molecule has 0 aromatic carbocycles. The van der Waals surface area contributed by atoms with Gasteiger partial charge in [-0.25, -0.2) is 4.79 Å². The van der Waals surface area contributed by atoms with Gasteiger partial charge in [0.1, 0.15) is 18.5 Å². The van der Waals surface area contributed by atoms with Crippen molar-refractivity contribution in [2.24, 2.45) is 11.8 Å². The van der Waals surface area contributed by atoms with E-state index >= 15 is 0 Å². The van der Waals surface area contributed by atoms with Crippen molar-refractivity contribution in [1.82, 2.24) is 4.90 Å². The number of nitrogens with zero attached hydrogens (tertiary/aromatic N) is 1. The molecule has 0 aromatic heterocycles. The Kier molecular flexibility index (Phi) is 8.87. The number of piperidine rings is 1. The summed E-state index contributed by atoms with van der Waals surface area (Å²) >= 11 is 0. The maximum absolute atomic E-state index is 13.3. The summed E-state index contributed by atoms with van der Waals surface area (Å²) in [4.78, 5) is 15.1. The van der Waals surface area contributed by atoms with E-state index in [4.69, 9.17) is 18.6 Å². The van der Waals surface area contributed by atoms with Crippen LogP contribution in [0, 0.1) is 11.8 Å². The van der Waals surface area contributed by atoms with Gasteiger partial charge in [-0.05, 0) is 64.6 Å². The summed E-state index contributed by atoms with van der Waals surface area (Å²) in [6.45, 7) is 19.4. The van der Waals surface area contributed by atoms with Gasteiger partial charge in [0, 0.05) is 25.7 Å². The molecule has 0 unspecified atom stereocenters. The van der Waals surface area contributed by atoms with Gasteiger partial charge in [-0.1, -0.05) is 27.2 Å². The Morgan fingerprint density at radius 3 is 2.28 bits per heavy atom. The Bertz CT molecular complexity index is 629. The van der Waals surface area contributed by atoms with Gasteiger partial charge in [0.2, 0.25) is 0 Å². The number of fused-ring (bicyclic) bond motifs is 1. The molecule has 0 radical (unpaired) electrons. The molecule has 1 aliphatic carbocycles. The molecule has 1 aliphatic heterocycles. The number of hydrogen-bond donors (Lipinski definition) is 1. The maximum atomic E-state index is 13.3. The first-order valence-corrected chi connectivity index (χ1v) is 15.0. The lowest BCUT2D eigenvalue weighted by molar-refractivity contribution is -0.197. The molecule has 1 saturated carbocycles.